The lowest BCUT2D eigenvalue weighted by Gasteiger charge is -2.17. The third kappa shape index (κ3) is 4.59. The van der Waals surface area contributed by atoms with Crippen LogP contribution in [0.3, 0.4) is 0 Å². The van der Waals surface area contributed by atoms with Crippen molar-refractivity contribution in [2.24, 2.45) is 0 Å². The van der Waals surface area contributed by atoms with E-state index in [4.69, 9.17) is 0 Å². The van der Waals surface area contributed by atoms with Crippen LogP contribution >= 0.6 is 0 Å². The van der Waals surface area contributed by atoms with Gasteiger partial charge < -0.3 is 4.90 Å². The molecule has 1 aromatic rings. The van der Waals surface area contributed by atoms with E-state index in [-0.39, 0.29) is 5.91 Å². The molecule has 0 heterocycles. The number of hydrogen-bond donors (Lipinski definition) is 0. The summed E-state index contributed by atoms with van der Waals surface area (Å²) in [6, 6.07) is 7.46. The van der Waals surface area contributed by atoms with Crippen molar-refractivity contribution in [2.45, 2.75) is 32.6 Å². The van der Waals surface area contributed by atoms with Crippen molar-refractivity contribution in [2.75, 3.05) is 13.6 Å². The fraction of sp³-hybridized carbons (Fsp3) is 0.467. The first kappa shape index (κ1) is 13.8. The molecule has 0 spiro atoms. The Morgan fingerprint density at radius 1 is 1.29 bits per heavy atom. The summed E-state index contributed by atoms with van der Waals surface area (Å²) < 4.78 is 0. The Morgan fingerprint density at radius 3 is 2.71 bits per heavy atom. The molecule has 0 N–H and O–H groups in total. The molecule has 1 rings (SSSR count). The molecule has 1 aromatic carbocycles. The van der Waals surface area contributed by atoms with Crippen LogP contribution in [0.1, 0.15) is 48.5 Å². The number of carbonyl (C=O) groups excluding carboxylic acids is 1. The smallest absolute Gasteiger partial charge is 0.253 e. The van der Waals surface area contributed by atoms with Crippen molar-refractivity contribution in [3.8, 4) is 0 Å². The molecule has 1 amide bonds. The summed E-state index contributed by atoms with van der Waals surface area (Å²) in [4.78, 5) is 13.9. The molecule has 2 heteroatoms. The van der Waals surface area contributed by atoms with Crippen LogP contribution in [0.4, 0.5) is 0 Å². The third-order valence-corrected chi connectivity index (χ3v) is 2.87. The molecule has 17 heavy (non-hydrogen) atoms. The summed E-state index contributed by atoms with van der Waals surface area (Å²) in [6.07, 6.45) is 4.75. The topological polar surface area (TPSA) is 20.3 Å². The second-order valence-corrected chi connectivity index (χ2v) is 4.49. The van der Waals surface area contributed by atoms with Crippen molar-refractivity contribution >= 4 is 5.91 Å². The largest absolute Gasteiger partial charge is 0.342 e. The van der Waals surface area contributed by atoms with E-state index in [2.05, 4.69) is 13.8 Å². The Kier molecular flexibility index (Phi) is 5.75. The fourth-order valence-corrected chi connectivity index (χ4v) is 1.80. The van der Waals surface area contributed by atoms with Crippen molar-refractivity contribution in [1.29, 1.82) is 0 Å². The summed E-state index contributed by atoms with van der Waals surface area (Å²) >= 11 is 0. The average Bonchev–Trinajstić information content (AvgIpc) is 2.33. The van der Waals surface area contributed by atoms with Gasteiger partial charge in [-0.25, -0.2) is 0 Å². The Morgan fingerprint density at radius 2 is 2.06 bits per heavy atom. The maximum absolute atomic E-state index is 12.1. The van der Waals surface area contributed by atoms with Gasteiger partial charge in [-0.1, -0.05) is 38.3 Å². The molecule has 0 saturated carbocycles. The molecule has 0 aromatic heterocycles. The number of nitrogens with zero attached hydrogens (tertiary/aromatic N) is 1. The summed E-state index contributed by atoms with van der Waals surface area (Å²) in [6.45, 7) is 6.86. The normalized spacial score (nSPS) is 10.3. The highest BCUT2D eigenvalue weighted by Crippen LogP contribution is 2.08. The van der Waals surface area contributed by atoms with Gasteiger partial charge >= 0.3 is 0 Å². The highest BCUT2D eigenvalue weighted by molar-refractivity contribution is 5.94. The number of carbonyl (C=O) groups is 1. The molecule has 0 saturated heterocycles. The molecule has 0 aliphatic rings. The fourth-order valence-electron chi connectivity index (χ4n) is 1.80. The molecule has 0 fully saturated rings. The van der Waals surface area contributed by atoms with E-state index >= 15 is 0 Å². The lowest BCUT2D eigenvalue weighted by Crippen LogP contribution is -2.27. The molecular formula is C15H22NO. The van der Waals surface area contributed by atoms with Gasteiger partial charge in [0.25, 0.3) is 5.91 Å². The highest BCUT2D eigenvalue weighted by atomic mass is 16.2. The molecule has 0 unspecified atom stereocenters. The Balaban J connectivity index is 2.46. The lowest BCUT2D eigenvalue weighted by molar-refractivity contribution is 0.0792. The molecule has 2 nitrogen and oxygen atoms in total. The number of hydrogen-bond acceptors (Lipinski definition) is 1. The molecule has 93 valence electrons. The van der Waals surface area contributed by atoms with Gasteiger partial charge in [-0.2, -0.15) is 0 Å². The minimum absolute atomic E-state index is 0.0898. The van der Waals surface area contributed by atoms with E-state index in [0.717, 1.165) is 24.1 Å². The van der Waals surface area contributed by atoms with E-state index in [1.54, 1.807) is 4.90 Å². The highest BCUT2D eigenvalue weighted by Gasteiger charge is 2.10. The van der Waals surface area contributed by atoms with Crippen molar-refractivity contribution in [3.63, 3.8) is 0 Å². The average molecular weight is 232 g/mol. The minimum atomic E-state index is 0.0898. The molecule has 1 radical (unpaired) electrons. The predicted octanol–water partition coefficient (Wildman–Crippen LogP) is 3.52. The van der Waals surface area contributed by atoms with Gasteiger partial charge in [-0.05, 0) is 31.0 Å². The van der Waals surface area contributed by atoms with E-state index in [9.17, 15) is 4.79 Å². The molecule has 0 aliphatic carbocycles. The summed E-state index contributed by atoms with van der Waals surface area (Å²) in [5, 5.41) is 0. The summed E-state index contributed by atoms with van der Waals surface area (Å²) in [7, 11) is 1.87. The van der Waals surface area contributed by atoms with Crippen LogP contribution in [-0.4, -0.2) is 24.4 Å². The third-order valence-electron chi connectivity index (χ3n) is 2.87. The monoisotopic (exact) mass is 232 g/mol. The van der Waals surface area contributed by atoms with E-state index in [0.29, 0.717) is 0 Å². The van der Waals surface area contributed by atoms with Crippen molar-refractivity contribution < 1.29 is 4.79 Å². The Labute approximate surface area is 105 Å². The summed E-state index contributed by atoms with van der Waals surface area (Å²) in [5.41, 5.74) is 1.62. The molecule has 0 bridgehead atoms. The van der Waals surface area contributed by atoms with E-state index < -0.39 is 0 Å². The van der Waals surface area contributed by atoms with Gasteiger partial charge in [0.1, 0.15) is 0 Å². The van der Waals surface area contributed by atoms with Gasteiger partial charge in [0.05, 0.1) is 0 Å². The van der Waals surface area contributed by atoms with Crippen LogP contribution in [0.25, 0.3) is 0 Å². The van der Waals surface area contributed by atoms with Crippen LogP contribution in [0.5, 0.6) is 0 Å². The standard InChI is InChI=1S/C15H22NO/c1-4-5-6-7-11-16(3)15(17)14-10-8-9-13(2)12-14/h8-10,12H,2,4-7,11H2,1,3H3. The van der Waals surface area contributed by atoms with Crippen LogP contribution < -0.4 is 0 Å². The number of amides is 1. The lowest BCUT2D eigenvalue weighted by atomic mass is 10.1. The van der Waals surface area contributed by atoms with Crippen LogP contribution in [-0.2, 0) is 0 Å². The zero-order valence-corrected chi connectivity index (χ0v) is 10.9. The summed E-state index contributed by atoms with van der Waals surface area (Å²) in [5.74, 6) is 0.0898. The van der Waals surface area contributed by atoms with Gasteiger partial charge in [-0.3, -0.25) is 4.79 Å². The maximum Gasteiger partial charge on any atom is 0.253 e. The van der Waals surface area contributed by atoms with E-state index in [1.807, 2.05) is 31.3 Å². The number of rotatable bonds is 6. The first-order valence-corrected chi connectivity index (χ1v) is 6.32. The van der Waals surface area contributed by atoms with Crippen molar-refractivity contribution in [3.05, 3.63) is 42.3 Å². The molecule has 0 atom stereocenters. The number of unbranched alkanes of at least 4 members (excludes halogenated alkanes) is 3. The zero-order chi connectivity index (χ0) is 12.7. The first-order valence-electron chi connectivity index (χ1n) is 6.32. The Hall–Kier alpha value is -1.31. The van der Waals surface area contributed by atoms with Crippen LogP contribution in [0.2, 0.25) is 0 Å². The second kappa shape index (κ2) is 7.10. The maximum atomic E-state index is 12.1. The molecular weight excluding hydrogens is 210 g/mol. The van der Waals surface area contributed by atoms with Gasteiger partial charge in [0.2, 0.25) is 0 Å². The van der Waals surface area contributed by atoms with Crippen LogP contribution in [0.15, 0.2) is 24.3 Å². The Bertz CT molecular complexity index is 360. The van der Waals surface area contributed by atoms with Crippen LogP contribution in [0, 0.1) is 6.92 Å². The number of benzene rings is 1. The van der Waals surface area contributed by atoms with Gasteiger partial charge in [0.15, 0.2) is 0 Å². The van der Waals surface area contributed by atoms with Gasteiger partial charge in [0, 0.05) is 19.2 Å². The quantitative estimate of drug-likeness (QED) is 0.687. The molecule has 0 aliphatic heterocycles. The van der Waals surface area contributed by atoms with Crippen molar-refractivity contribution in [1.82, 2.24) is 4.90 Å². The SMILES string of the molecule is [CH2]c1cccc(C(=O)N(C)CCCCCC)c1. The zero-order valence-electron chi connectivity index (χ0n) is 10.9. The minimum Gasteiger partial charge on any atom is -0.342 e. The first-order chi connectivity index (χ1) is 8.15. The predicted molar refractivity (Wildman–Crippen MR) is 72.0 cm³/mol. The second-order valence-electron chi connectivity index (χ2n) is 4.49. The van der Waals surface area contributed by atoms with E-state index in [1.165, 1.54) is 19.3 Å². The van der Waals surface area contributed by atoms with Gasteiger partial charge in [-0.15, -0.1) is 0 Å².